The van der Waals surface area contributed by atoms with Gasteiger partial charge in [-0.15, -0.1) is 11.3 Å². The summed E-state index contributed by atoms with van der Waals surface area (Å²) in [7, 11) is -1.56. The van der Waals surface area contributed by atoms with E-state index in [-0.39, 0.29) is 4.21 Å². The zero-order chi connectivity index (χ0) is 17.3. The zero-order valence-corrected chi connectivity index (χ0v) is 16.1. The molecule has 2 aromatic rings. The summed E-state index contributed by atoms with van der Waals surface area (Å²) in [4.78, 5) is 4.47. The molecule has 0 unspecified atom stereocenters. The lowest BCUT2D eigenvalue weighted by Crippen LogP contribution is -2.44. The molecule has 1 aliphatic rings. The molecule has 1 aliphatic heterocycles. The van der Waals surface area contributed by atoms with E-state index in [9.17, 15) is 8.42 Å². The van der Waals surface area contributed by atoms with Crippen LogP contribution in [0.2, 0.25) is 9.36 Å². The first-order chi connectivity index (χ1) is 11.3. The standard InChI is InChI=1S/C15H17Cl2N3O2S2/c1-19-6-8-20(9-7-19)13-3-2-11(10-12(13)16)18-24(21,22)15-5-4-14(17)23-15/h2-5,10,18H,6-9H2,1H3. The second-order valence-corrected chi connectivity index (χ2v) is 9.65. The lowest BCUT2D eigenvalue weighted by Gasteiger charge is -2.34. The van der Waals surface area contributed by atoms with Gasteiger partial charge in [0.15, 0.2) is 0 Å². The number of nitrogens with zero attached hydrogens (tertiary/aromatic N) is 2. The van der Waals surface area contributed by atoms with Gasteiger partial charge in [-0.1, -0.05) is 23.2 Å². The number of rotatable bonds is 4. The normalized spacial score (nSPS) is 16.4. The van der Waals surface area contributed by atoms with Crippen molar-refractivity contribution in [3.8, 4) is 0 Å². The first-order valence-corrected chi connectivity index (χ1v) is 10.4. The Labute approximate surface area is 155 Å². The molecular formula is C15H17Cl2N3O2S2. The van der Waals surface area contributed by atoms with Gasteiger partial charge in [-0.2, -0.15) is 0 Å². The average Bonchev–Trinajstić information content (AvgIpc) is 2.96. The van der Waals surface area contributed by atoms with E-state index in [1.165, 1.54) is 6.07 Å². The summed E-state index contributed by atoms with van der Waals surface area (Å²) < 4.78 is 27.8. The summed E-state index contributed by atoms with van der Waals surface area (Å²) in [5.74, 6) is 0. The third kappa shape index (κ3) is 3.97. The Morgan fingerprint density at radius 3 is 2.38 bits per heavy atom. The topological polar surface area (TPSA) is 52.6 Å². The first kappa shape index (κ1) is 17.8. The van der Waals surface area contributed by atoms with E-state index in [2.05, 4.69) is 21.6 Å². The van der Waals surface area contributed by atoms with E-state index in [4.69, 9.17) is 23.2 Å². The fourth-order valence-corrected chi connectivity index (χ4v) is 5.35. The fourth-order valence-electron chi connectivity index (χ4n) is 2.52. The predicted molar refractivity (Wildman–Crippen MR) is 101 cm³/mol. The number of halogens is 2. The molecule has 24 heavy (non-hydrogen) atoms. The molecule has 1 saturated heterocycles. The van der Waals surface area contributed by atoms with Gasteiger partial charge in [-0.25, -0.2) is 8.42 Å². The van der Waals surface area contributed by atoms with Crippen molar-refractivity contribution in [3.05, 3.63) is 39.7 Å². The van der Waals surface area contributed by atoms with Crippen LogP contribution < -0.4 is 9.62 Å². The van der Waals surface area contributed by atoms with Crippen LogP contribution in [0.1, 0.15) is 0 Å². The lowest BCUT2D eigenvalue weighted by atomic mass is 10.2. The van der Waals surface area contributed by atoms with Crippen molar-refractivity contribution in [1.29, 1.82) is 0 Å². The molecule has 0 aliphatic carbocycles. The molecule has 1 aromatic heterocycles. The van der Waals surface area contributed by atoms with Crippen molar-refractivity contribution in [1.82, 2.24) is 4.90 Å². The summed E-state index contributed by atoms with van der Waals surface area (Å²) in [5, 5.41) is 0.531. The van der Waals surface area contributed by atoms with E-state index in [1.54, 1.807) is 18.2 Å². The largest absolute Gasteiger partial charge is 0.368 e. The molecule has 0 radical (unpaired) electrons. The average molecular weight is 406 g/mol. The molecule has 0 amide bonds. The molecule has 1 fully saturated rings. The molecule has 0 spiro atoms. The summed E-state index contributed by atoms with van der Waals surface area (Å²) in [6.45, 7) is 3.75. The number of hydrogen-bond acceptors (Lipinski definition) is 5. The third-order valence-electron chi connectivity index (χ3n) is 3.86. The Bertz CT molecular complexity index is 831. The number of piperazine rings is 1. The SMILES string of the molecule is CN1CCN(c2ccc(NS(=O)(=O)c3ccc(Cl)s3)cc2Cl)CC1. The van der Waals surface area contributed by atoms with Gasteiger partial charge in [0.1, 0.15) is 4.21 Å². The van der Waals surface area contributed by atoms with Crippen LogP contribution in [-0.2, 0) is 10.0 Å². The number of sulfonamides is 1. The van der Waals surface area contributed by atoms with Gasteiger partial charge >= 0.3 is 0 Å². The fraction of sp³-hybridized carbons (Fsp3) is 0.333. The number of anilines is 2. The maximum absolute atomic E-state index is 12.3. The van der Waals surface area contributed by atoms with E-state index >= 15 is 0 Å². The highest BCUT2D eigenvalue weighted by molar-refractivity contribution is 7.94. The van der Waals surface area contributed by atoms with Crippen molar-refractivity contribution in [2.75, 3.05) is 42.8 Å². The second-order valence-electron chi connectivity index (χ2n) is 5.62. The molecule has 1 N–H and O–H groups in total. The van der Waals surface area contributed by atoms with Gasteiger partial charge in [0, 0.05) is 26.2 Å². The molecule has 0 atom stereocenters. The number of benzene rings is 1. The maximum Gasteiger partial charge on any atom is 0.271 e. The van der Waals surface area contributed by atoms with Crippen LogP contribution in [0.25, 0.3) is 0 Å². The van der Waals surface area contributed by atoms with Gasteiger partial charge in [0.2, 0.25) is 0 Å². The highest BCUT2D eigenvalue weighted by atomic mass is 35.5. The quantitative estimate of drug-likeness (QED) is 0.843. The monoisotopic (exact) mass is 405 g/mol. The van der Waals surface area contributed by atoms with Gasteiger partial charge in [0.05, 0.1) is 20.7 Å². The number of likely N-dealkylation sites (N-methyl/N-ethyl adjacent to an activating group) is 1. The molecule has 1 aromatic carbocycles. The number of thiophene rings is 1. The van der Waals surface area contributed by atoms with Crippen LogP contribution in [0.4, 0.5) is 11.4 Å². The lowest BCUT2D eigenvalue weighted by molar-refractivity contribution is 0.313. The Morgan fingerprint density at radius 1 is 1.08 bits per heavy atom. The molecule has 9 heteroatoms. The van der Waals surface area contributed by atoms with E-state index in [0.29, 0.717) is 15.0 Å². The maximum atomic E-state index is 12.3. The Morgan fingerprint density at radius 2 is 1.79 bits per heavy atom. The minimum atomic E-state index is -3.65. The van der Waals surface area contributed by atoms with Crippen LogP contribution >= 0.6 is 34.5 Å². The highest BCUT2D eigenvalue weighted by Gasteiger charge is 2.19. The minimum absolute atomic E-state index is 0.173. The highest BCUT2D eigenvalue weighted by Crippen LogP contribution is 2.32. The van der Waals surface area contributed by atoms with E-state index in [0.717, 1.165) is 43.2 Å². The Hall–Kier alpha value is -0.990. The van der Waals surface area contributed by atoms with E-state index < -0.39 is 10.0 Å². The third-order valence-corrected chi connectivity index (χ3v) is 7.26. The van der Waals surface area contributed by atoms with Gasteiger partial charge in [-0.05, 0) is 37.4 Å². The van der Waals surface area contributed by atoms with Gasteiger partial charge < -0.3 is 9.80 Å². The number of nitrogens with one attached hydrogen (secondary N) is 1. The second kappa shape index (κ2) is 7.09. The predicted octanol–water partition coefficient (Wildman–Crippen LogP) is 3.61. The van der Waals surface area contributed by atoms with Crippen molar-refractivity contribution in [3.63, 3.8) is 0 Å². The Kier molecular flexibility index (Phi) is 5.27. The smallest absolute Gasteiger partial charge is 0.271 e. The number of hydrogen-bond donors (Lipinski definition) is 1. The van der Waals surface area contributed by atoms with Crippen LogP contribution in [0.3, 0.4) is 0 Å². The zero-order valence-electron chi connectivity index (χ0n) is 13.0. The Balaban J connectivity index is 1.77. The molecule has 5 nitrogen and oxygen atoms in total. The summed E-state index contributed by atoms with van der Waals surface area (Å²) in [6.07, 6.45) is 0. The molecule has 130 valence electrons. The molecule has 2 heterocycles. The van der Waals surface area contributed by atoms with Gasteiger partial charge in [0.25, 0.3) is 10.0 Å². The first-order valence-electron chi connectivity index (χ1n) is 7.36. The van der Waals surface area contributed by atoms with Crippen LogP contribution in [-0.4, -0.2) is 46.5 Å². The molecule has 0 bridgehead atoms. The van der Waals surface area contributed by atoms with Crippen LogP contribution in [0.15, 0.2) is 34.5 Å². The van der Waals surface area contributed by atoms with Crippen LogP contribution in [0.5, 0.6) is 0 Å². The van der Waals surface area contributed by atoms with Crippen LogP contribution in [0, 0.1) is 0 Å². The van der Waals surface area contributed by atoms with Crippen molar-refractivity contribution in [2.24, 2.45) is 0 Å². The van der Waals surface area contributed by atoms with Crippen molar-refractivity contribution < 1.29 is 8.42 Å². The summed E-state index contributed by atoms with van der Waals surface area (Å²) >= 11 is 13.2. The molecule has 0 saturated carbocycles. The van der Waals surface area contributed by atoms with Gasteiger partial charge in [-0.3, -0.25) is 4.72 Å². The molecule has 3 rings (SSSR count). The van der Waals surface area contributed by atoms with Crippen molar-refractivity contribution in [2.45, 2.75) is 4.21 Å². The van der Waals surface area contributed by atoms with Crippen molar-refractivity contribution >= 4 is 55.9 Å². The molecular weight excluding hydrogens is 389 g/mol. The van der Waals surface area contributed by atoms with E-state index in [1.807, 2.05) is 6.07 Å². The summed E-state index contributed by atoms with van der Waals surface area (Å²) in [6, 6.07) is 8.26. The minimum Gasteiger partial charge on any atom is -0.368 e. The summed E-state index contributed by atoms with van der Waals surface area (Å²) in [5.41, 5.74) is 1.36.